The molecule has 0 aliphatic rings. The van der Waals surface area contributed by atoms with Crippen molar-refractivity contribution in [2.45, 2.75) is 19.5 Å². The molecule has 8 nitrogen and oxygen atoms in total. The first kappa shape index (κ1) is 18.5. The summed E-state index contributed by atoms with van der Waals surface area (Å²) in [5, 5.41) is 11.0. The molecule has 1 aromatic carbocycles. The molecule has 0 saturated heterocycles. The minimum absolute atomic E-state index is 0.186. The third-order valence-electron chi connectivity index (χ3n) is 4.16. The molecular formula is C19H22N6O2. The Hall–Kier alpha value is -3.26. The van der Waals surface area contributed by atoms with E-state index in [2.05, 4.69) is 20.5 Å². The van der Waals surface area contributed by atoms with E-state index in [9.17, 15) is 4.79 Å². The Morgan fingerprint density at radius 3 is 2.89 bits per heavy atom. The number of amides is 1. The van der Waals surface area contributed by atoms with Crippen LogP contribution in [0.4, 0.5) is 5.82 Å². The van der Waals surface area contributed by atoms with Crippen LogP contribution in [0.25, 0.3) is 11.1 Å². The first-order valence-corrected chi connectivity index (χ1v) is 8.58. The Kier molecular flexibility index (Phi) is 5.77. The molecule has 0 aliphatic heterocycles. The van der Waals surface area contributed by atoms with Crippen LogP contribution in [0.1, 0.15) is 29.1 Å². The molecule has 1 atom stereocenters. The number of carbonyl (C=O) groups excluding carboxylic acids is 1. The molecule has 8 heteroatoms. The van der Waals surface area contributed by atoms with Gasteiger partial charge in [0, 0.05) is 31.0 Å². The standard InChI is InChI=1S/C19H22N6O2/c1-13(18-24-22-12-25(18)8-9-27-2)23-19(26)15-5-3-4-14(10-15)16-6-7-17(20)21-11-16/h3-7,10-13H,8-9H2,1-2H3,(H2,20,21)(H,23,26). The predicted octanol–water partition coefficient (Wildman–Crippen LogP) is 2.06. The van der Waals surface area contributed by atoms with Gasteiger partial charge in [0.05, 0.1) is 12.6 Å². The van der Waals surface area contributed by atoms with E-state index in [0.717, 1.165) is 11.1 Å². The molecule has 140 valence electrons. The zero-order valence-corrected chi connectivity index (χ0v) is 15.3. The Morgan fingerprint density at radius 1 is 1.30 bits per heavy atom. The van der Waals surface area contributed by atoms with Crippen molar-refractivity contribution in [3.05, 3.63) is 60.3 Å². The molecule has 1 amide bonds. The number of aromatic nitrogens is 4. The number of carbonyl (C=O) groups is 1. The van der Waals surface area contributed by atoms with Crippen molar-refractivity contribution < 1.29 is 9.53 Å². The largest absolute Gasteiger partial charge is 0.384 e. The quantitative estimate of drug-likeness (QED) is 0.663. The van der Waals surface area contributed by atoms with Crippen LogP contribution in [0.5, 0.6) is 0 Å². The number of hydrogen-bond donors (Lipinski definition) is 2. The van der Waals surface area contributed by atoms with Crippen molar-refractivity contribution in [1.82, 2.24) is 25.1 Å². The van der Waals surface area contributed by atoms with Crippen LogP contribution < -0.4 is 11.1 Å². The monoisotopic (exact) mass is 366 g/mol. The Morgan fingerprint density at radius 2 is 2.15 bits per heavy atom. The topological polar surface area (TPSA) is 108 Å². The molecule has 1 unspecified atom stereocenters. The summed E-state index contributed by atoms with van der Waals surface area (Å²) >= 11 is 0. The molecular weight excluding hydrogens is 344 g/mol. The molecule has 0 aliphatic carbocycles. The number of pyridine rings is 1. The lowest BCUT2D eigenvalue weighted by molar-refractivity contribution is 0.0937. The number of nitrogens with two attached hydrogens (primary N) is 1. The van der Waals surface area contributed by atoms with E-state index in [1.165, 1.54) is 0 Å². The molecule has 0 spiro atoms. The SMILES string of the molecule is COCCn1cnnc1C(C)NC(=O)c1cccc(-c2ccc(N)nc2)c1. The first-order chi connectivity index (χ1) is 13.1. The summed E-state index contributed by atoms with van der Waals surface area (Å²) in [6, 6.07) is 10.7. The van der Waals surface area contributed by atoms with Crippen molar-refractivity contribution in [3.63, 3.8) is 0 Å². The van der Waals surface area contributed by atoms with Gasteiger partial charge in [-0.2, -0.15) is 0 Å². The van der Waals surface area contributed by atoms with Gasteiger partial charge in [-0.15, -0.1) is 10.2 Å². The average Bonchev–Trinajstić information content (AvgIpc) is 3.15. The summed E-state index contributed by atoms with van der Waals surface area (Å²) in [5.74, 6) is 0.951. The van der Waals surface area contributed by atoms with Gasteiger partial charge in [-0.25, -0.2) is 4.98 Å². The van der Waals surface area contributed by atoms with Gasteiger partial charge >= 0.3 is 0 Å². The van der Waals surface area contributed by atoms with E-state index in [1.807, 2.05) is 35.8 Å². The van der Waals surface area contributed by atoms with Crippen LogP contribution in [-0.4, -0.2) is 39.4 Å². The van der Waals surface area contributed by atoms with Gasteiger partial charge in [0.2, 0.25) is 0 Å². The average molecular weight is 366 g/mol. The third kappa shape index (κ3) is 4.48. The fraction of sp³-hybridized carbons (Fsp3) is 0.263. The second kappa shape index (κ2) is 8.41. The van der Waals surface area contributed by atoms with Crippen molar-refractivity contribution >= 4 is 11.7 Å². The summed E-state index contributed by atoms with van der Waals surface area (Å²) in [6.45, 7) is 3.04. The van der Waals surface area contributed by atoms with Gasteiger partial charge in [0.25, 0.3) is 5.91 Å². The molecule has 3 rings (SSSR count). The van der Waals surface area contributed by atoms with Crippen molar-refractivity contribution in [2.24, 2.45) is 0 Å². The molecule has 27 heavy (non-hydrogen) atoms. The highest BCUT2D eigenvalue weighted by molar-refractivity contribution is 5.95. The smallest absolute Gasteiger partial charge is 0.251 e. The molecule has 3 N–H and O–H groups in total. The van der Waals surface area contributed by atoms with E-state index in [0.29, 0.717) is 30.4 Å². The minimum atomic E-state index is -0.293. The van der Waals surface area contributed by atoms with Gasteiger partial charge < -0.3 is 20.4 Å². The molecule has 0 fully saturated rings. The van der Waals surface area contributed by atoms with Gasteiger partial charge in [0.1, 0.15) is 12.1 Å². The molecule has 0 saturated carbocycles. The molecule has 0 radical (unpaired) electrons. The van der Waals surface area contributed by atoms with Crippen molar-refractivity contribution in [2.75, 3.05) is 19.5 Å². The fourth-order valence-electron chi connectivity index (χ4n) is 2.72. The highest BCUT2D eigenvalue weighted by Gasteiger charge is 2.17. The Bertz CT molecular complexity index is 907. The van der Waals surface area contributed by atoms with Crippen LogP contribution in [-0.2, 0) is 11.3 Å². The number of ether oxygens (including phenoxy) is 1. The zero-order valence-electron chi connectivity index (χ0n) is 15.3. The number of rotatable bonds is 7. The van der Waals surface area contributed by atoms with Gasteiger partial charge in [-0.05, 0) is 36.8 Å². The maximum Gasteiger partial charge on any atom is 0.251 e. The molecule has 2 heterocycles. The van der Waals surface area contributed by atoms with E-state index < -0.39 is 0 Å². The van der Waals surface area contributed by atoms with Crippen molar-refractivity contribution in [3.8, 4) is 11.1 Å². The molecule has 3 aromatic rings. The van der Waals surface area contributed by atoms with Crippen LogP contribution in [0.2, 0.25) is 0 Å². The number of methoxy groups -OCH3 is 1. The number of nitrogens with one attached hydrogen (secondary N) is 1. The second-order valence-electron chi connectivity index (χ2n) is 6.12. The maximum absolute atomic E-state index is 12.7. The lowest BCUT2D eigenvalue weighted by Gasteiger charge is -2.15. The summed E-state index contributed by atoms with van der Waals surface area (Å²) in [7, 11) is 1.64. The number of benzene rings is 1. The van der Waals surface area contributed by atoms with E-state index in [-0.39, 0.29) is 11.9 Å². The van der Waals surface area contributed by atoms with Crippen molar-refractivity contribution in [1.29, 1.82) is 0 Å². The Labute approximate surface area is 157 Å². The maximum atomic E-state index is 12.7. The fourth-order valence-corrected chi connectivity index (χ4v) is 2.72. The van der Waals surface area contributed by atoms with E-state index >= 15 is 0 Å². The van der Waals surface area contributed by atoms with Crippen LogP contribution in [0, 0.1) is 0 Å². The van der Waals surface area contributed by atoms with Crippen LogP contribution in [0.15, 0.2) is 48.9 Å². The lowest BCUT2D eigenvalue weighted by Crippen LogP contribution is -2.29. The van der Waals surface area contributed by atoms with Gasteiger partial charge in [-0.3, -0.25) is 4.79 Å². The highest BCUT2D eigenvalue weighted by Crippen LogP contribution is 2.21. The number of hydrogen-bond acceptors (Lipinski definition) is 6. The van der Waals surface area contributed by atoms with E-state index in [1.54, 1.807) is 31.8 Å². The van der Waals surface area contributed by atoms with Crippen LogP contribution >= 0.6 is 0 Å². The highest BCUT2D eigenvalue weighted by atomic mass is 16.5. The van der Waals surface area contributed by atoms with E-state index in [4.69, 9.17) is 10.5 Å². The normalized spacial score (nSPS) is 11.9. The molecule has 2 aromatic heterocycles. The summed E-state index contributed by atoms with van der Waals surface area (Å²) in [6.07, 6.45) is 3.32. The van der Waals surface area contributed by atoms with Gasteiger partial charge in [0.15, 0.2) is 5.82 Å². The zero-order chi connectivity index (χ0) is 19.2. The first-order valence-electron chi connectivity index (χ1n) is 8.58. The number of nitrogens with zero attached hydrogens (tertiary/aromatic N) is 4. The minimum Gasteiger partial charge on any atom is -0.384 e. The lowest BCUT2D eigenvalue weighted by atomic mass is 10.0. The molecule has 0 bridgehead atoms. The van der Waals surface area contributed by atoms with Gasteiger partial charge in [-0.1, -0.05) is 12.1 Å². The second-order valence-corrected chi connectivity index (χ2v) is 6.12. The van der Waals surface area contributed by atoms with Crippen LogP contribution in [0.3, 0.4) is 0 Å². The summed E-state index contributed by atoms with van der Waals surface area (Å²) < 4.78 is 6.95. The third-order valence-corrected chi connectivity index (χ3v) is 4.16. The number of nitrogen functional groups attached to an aromatic ring is 1. The summed E-state index contributed by atoms with van der Waals surface area (Å²) in [5.41, 5.74) is 7.97. The number of anilines is 1. The Balaban J connectivity index is 1.74. The predicted molar refractivity (Wildman–Crippen MR) is 102 cm³/mol. The summed E-state index contributed by atoms with van der Waals surface area (Å²) in [4.78, 5) is 16.8.